The largest absolute Gasteiger partial charge is 0.469 e. The Kier molecular flexibility index (Phi) is 4.80. The number of ether oxygens (including phenoxy) is 1. The molecule has 0 spiro atoms. The van der Waals surface area contributed by atoms with Crippen molar-refractivity contribution in [1.29, 1.82) is 0 Å². The zero-order valence-electron chi connectivity index (χ0n) is 11.9. The zero-order chi connectivity index (χ0) is 13.8. The van der Waals surface area contributed by atoms with E-state index in [1.165, 1.54) is 13.5 Å². The minimum absolute atomic E-state index is 0.0587. The molecular weight excluding hydrogens is 244 g/mol. The Morgan fingerprint density at radius 1 is 1.21 bits per heavy atom. The first kappa shape index (κ1) is 14.3. The average molecular weight is 268 g/mol. The summed E-state index contributed by atoms with van der Waals surface area (Å²) >= 11 is 0. The van der Waals surface area contributed by atoms with E-state index in [-0.39, 0.29) is 17.8 Å². The van der Waals surface area contributed by atoms with Crippen LogP contribution in [0.5, 0.6) is 0 Å². The predicted octanol–water partition coefficient (Wildman–Crippen LogP) is 0.882. The highest BCUT2D eigenvalue weighted by Crippen LogP contribution is 2.20. The molecular formula is C14H24N2O3. The third kappa shape index (κ3) is 3.47. The number of amides is 1. The molecule has 0 aromatic heterocycles. The highest BCUT2D eigenvalue weighted by Gasteiger charge is 2.31. The second-order valence-electron chi connectivity index (χ2n) is 5.68. The van der Waals surface area contributed by atoms with Crippen LogP contribution < -0.4 is 0 Å². The lowest BCUT2D eigenvalue weighted by Gasteiger charge is -2.34. The van der Waals surface area contributed by atoms with Crippen LogP contribution in [0, 0.1) is 5.92 Å². The van der Waals surface area contributed by atoms with E-state index in [4.69, 9.17) is 4.74 Å². The summed E-state index contributed by atoms with van der Waals surface area (Å²) in [5, 5.41) is 0. The lowest BCUT2D eigenvalue weighted by atomic mass is 10.0. The number of likely N-dealkylation sites (tertiary alicyclic amines) is 2. The second-order valence-corrected chi connectivity index (χ2v) is 5.68. The number of carbonyl (C=O) groups is 2. The van der Waals surface area contributed by atoms with E-state index in [2.05, 4.69) is 11.8 Å². The molecule has 2 fully saturated rings. The fraction of sp³-hybridized carbons (Fsp3) is 0.857. The summed E-state index contributed by atoms with van der Waals surface area (Å²) in [7, 11) is 1.42. The average Bonchev–Trinajstić information content (AvgIpc) is 2.86. The summed E-state index contributed by atoms with van der Waals surface area (Å²) in [6.45, 7) is 4.92. The Labute approximate surface area is 114 Å². The van der Waals surface area contributed by atoms with Crippen LogP contribution in [0.4, 0.5) is 0 Å². The topological polar surface area (TPSA) is 49.9 Å². The van der Waals surface area contributed by atoms with Crippen LogP contribution in [0.1, 0.15) is 32.6 Å². The van der Waals surface area contributed by atoms with E-state index >= 15 is 0 Å². The zero-order valence-corrected chi connectivity index (χ0v) is 11.9. The van der Waals surface area contributed by atoms with E-state index in [0.717, 1.165) is 32.4 Å². The molecule has 0 bridgehead atoms. The maximum atomic E-state index is 12.3. The molecule has 1 amide bonds. The number of nitrogens with zero attached hydrogens (tertiary/aromatic N) is 2. The number of piperidine rings is 1. The first-order valence-electron chi connectivity index (χ1n) is 7.21. The first-order chi connectivity index (χ1) is 9.11. The number of hydrogen-bond donors (Lipinski definition) is 0. The Morgan fingerprint density at radius 3 is 2.68 bits per heavy atom. The molecule has 2 unspecified atom stereocenters. The van der Waals surface area contributed by atoms with Gasteiger partial charge in [-0.15, -0.1) is 0 Å². The van der Waals surface area contributed by atoms with Crippen molar-refractivity contribution >= 4 is 11.9 Å². The summed E-state index contributed by atoms with van der Waals surface area (Å²) in [6.07, 6.45) is 4.24. The van der Waals surface area contributed by atoms with Gasteiger partial charge >= 0.3 is 5.97 Å². The third-order valence-electron chi connectivity index (χ3n) is 4.29. The smallest absolute Gasteiger partial charge is 0.310 e. The van der Waals surface area contributed by atoms with E-state index in [1.54, 1.807) is 0 Å². The second kappa shape index (κ2) is 6.37. The van der Waals surface area contributed by atoms with Gasteiger partial charge in [0.05, 0.1) is 19.6 Å². The standard InChI is InChI=1S/C14H24N2O3/c1-11-5-3-4-7-16(11)13(17)10-15-8-6-12(9-15)14(18)19-2/h11-12H,3-10H2,1-2H3. The molecule has 0 N–H and O–H groups in total. The Morgan fingerprint density at radius 2 is 2.00 bits per heavy atom. The van der Waals surface area contributed by atoms with Crippen LogP contribution in [0.3, 0.4) is 0 Å². The summed E-state index contributed by atoms with van der Waals surface area (Å²) in [4.78, 5) is 27.8. The van der Waals surface area contributed by atoms with Crippen molar-refractivity contribution in [2.45, 2.75) is 38.6 Å². The maximum Gasteiger partial charge on any atom is 0.310 e. The summed E-state index contributed by atoms with van der Waals surface area (Å²) in [6, 6.07) is 0.361. The molecule has 2 aliphatic heterocycles. The van der Waals surface area contributed by atoms with E-state index in [0.29, 0.717) is 19.1 Å². The van der Waals surface area contributed by atoms with Crippen LogP contribution in [-0.2, 0) is 14.3 Å². The molecule has 5 nitrogen and oxygen atoms in total. The van der Waals surface area contributed by atoms with Gasteiger partial charge in [-0.2, -0.15) is 0 Å². The van der Waals surface area contributed by atoms with Crippen molar-refractivity contribution in [3.05, 3.63) is 0 Å². The normalized spacial score (nSPS) is 28.4. The minimum atomic E-state index is -0.152. The molecule has 2 heterocycles. The SMILES string of the molecule is COC(=O)C1CCN(CC(=O)N2CCCCC2C)C1. The van der Waals surface area contributed by atoms with E-state index in [1.807, 2.05) is 4.90 Å². The van der Waals surface area contributed by atoms with Crippen molar-refractivity contribution in [1.82, 2.24) is 9.80 Å². The van der Waals surface area contributed by atoms with Gasteiger partial charge in [-0.3, -0.25) is 14.5 Å². The quantitative estimate of drug-likeness (QED) is 0.713. The molecule has 0 aromatic rings. The molecule has 0 saturated carbocycles. The lowest BCUT2D eigenvalue weighted by Crippen LogP contribution is -2.46. The molecule has 0 radical (unpaired) electrons. The van der Waals surface area contributed by atoms with Gasteiger partial charge in [0.15, 0.2) is 0 Å². The third-order valence-corrected chi connectivity index (χ3v) is 4.29. The van der Waals surface area contributed by atoms with Gasteiger partial charge in [0.25, 0.3) is 0 Å². The van der Waals surface area contributed by atoms with Crippen LogP contribution in [0.2, 0.25) is 0 Å². The predicted molar refractivity (Wildman–Crippen MR) is 71.6 cm³/mol. The number of esters is 1. The fourth-order valence-corrected chi connectivity index (χ4v) is 3.09. The molecule has 2 rings (SSSR count). The van der Waals surface area contributed by atoms with Gasteiger partial charge in [0.2, 0.25) is 5.91 Å². The molecule has 5 heteroatoms. The summed E-state index contributed by atoms with van der Waals surface area (Å²) in [5.41, 5.74) is 0. The van der Waals surface area contributed by atoms with Crippen molar-refractivity contribution in [2.75, 3.05) is 33.3 Å². The maximum absolute atomic E-state index is 12.3. The molecule has 2 aliphatic rings. The van der Waals surface area contributed by atoms with Crippen molar-refractivity contribution < 1.29 is 14.3 Å². The molecule has 2 atom stereocenters. The van der Waals surface area contributed by atoms with Crippen molar-refractivity contribution in [3.8, 4) is 0 Å². The Balaban J connectivity index is 1.81. The van der Waals surface area contributed by atoms with Crippen LogP contribution in [0.25, 0.3) is 0 Å². The Bertz CT molecular complexity index is 346. The van der Waals surface area contributed by atoms with Gasteiger partial charge in [-0.25, -0.2) is 0 Å². The number of methoxy groups -OCH3 is 1. The monoisotopic (exact) mass is 268 g/mol. The summed E-state index contributed by atoms with van der Waals surface area (Å²) in [5.74, 6) is -0.00409. The minimum Gasteiger partial charge on any atom is -0.469 e. The van der Waals surface area contributed by atoms with Crippen LogP contribution in [0.15, 0.2) is 0 Å². The fourth-order valence-electron chi connectivity index (χ4n) is 3.09. The van der Waals surface area contributed by atoms with Gasteiger partial charge in [0, 0.05) is 19.1 Å². The first-order valence-corrected chi connectivity index (χ1v) is 7.21. The van der Waals surface area contributed by atoms with Gasteiger partial charge in [0.1, 0.15) is 0 Å². The lowest BCUT2D eigenvalue weighted by molar-refractivity contribution is -0.145. The molecule has 19 heavy (non-hydrogen) atoms. The summed E-state index contributed by atoms with van der Waals surface area (Å²) < 4.78 is 4.76. The number of rotatable bonds is 3. The Hall–Kier alpha value is -1.10. The van der Waals surface area contributed by atoms with Gasteiger partial charge in [-0.05, 0) is 39.2 Å². The molecule has 0 aliphatic carbocycles. The molecule has 2 saturated heterocycles. The van der Waals surface area contributed by atoms with Crippen molar-refractivity contribution in [2.24, 2.45) is 5.92 Å². The van der Waals surface area contributed by atoms with Gasteiger partial charge < -0.3 is 9.64 Å². The molecule has 0 aromatic carbocycles. The van der Waals surface area contributed by atoms with Gasteiger partial charge in [-0.1, -0.05) is 0 Å². The molecule has 108 valence electrons. The highest BCUT2D eigenvalue weighted by molar-refractivity contribution is 5.79. The van der Waals surface area contributed by atoms with E-state index in [9.17, 15) is 9.59 Å². The van der Waals surface area contributed by atoms with E-state index < -0.39 is 0 Å². The van der Waals surface area contributed by atoms with Crippen LogP contribution in [-0.4, -0.2) is 61.0 Å². The van der Waals surface area contributed by atoms with Crippen LogP contribution >= 0.6 is 0 Å². The highest BCUT2D eigenvalue weighted by atomic mass is 16.5. The van der Waals surface area contributed by atoms with Crippen molar-refractivity contribution in [3.63, 3.8) is 0 Å². The number of hydrogen-bond acceptors (Lipinski definition) is 4. The number of carbonyl (C=O) groups excluding carboxylic acids is 2.